The number of amides is 1. The van der Waals surface area contributed by atoms with Crippen molar-refractivity contribution in [3.8, 4) is 0 Å². The molecular formula is C10H16N4O. The molecule has 1 aromatic rings. The minimum absolute atomic E-state index is 0.0799. The highest BCUT2D eigenvalue weighted by Crippen LogP contribution is 1.91. The highest BCUT2D eigenvalue weighted by atomic mass is 16.1. The number of rotatable bonds is 6. The average Bonchev–Trinajstić information content (AvgIpc) is 2.29. The minimum Gasteiger partial charge on any atom is -0.359 e. The van der Waals surface area contributed by atoms with Crippen molar-refractivity contribution in [2.75, 3.05) is 13.6 Å². The Labute approximate surface area is 89.3 Å². The van der Waals surface area contributed by atoms with Gasteiger partial charge in [0.25, 0.3) is 0 Å². The standard InChI is InChI=1S/C10H16N4O/c1-11-10(15)5-3-6-12-8-9-4-2-7-13-14-9/h2,4,7,12H,3,5-6,8H2,1H3,(H,11,15). The van der Waals surface area contributed by atoms with Gasteiger partial charge in [-0.05, 0) is 25.1 Å². The van der Waals surface area contributed by atoms with E-state index in [0.29, 0.717) is 13.0 Å². The number of hydrogen-bond acceptors (Lipinski definition) is 4. The van der Waals surface area contributed by atoms with Crippen molar-refractivity contribution in [1.82, 2.24) is 20.8 Å². The van der Waals surface area contributed by atoms with E-state index < -0.39 is 0 Å². The van der Waals surface area contributed by atoms with Crippen molar-refractivity contribution in [2.45, 2.75) is 19.4 Å². The quantitative estimate of drug-likeness (QED) is 0.650. The maximum absolute atomic E-state index is 10.9. The van der Waals surface area contributed by atoms with Gasteiger partial charge in [0.1, 0.15) is 0 Å². The van der Waals surface area contributed by atoms with Crippen LogP contribution in [0.4, 0.5) is 0 Å². The summed E-state index contributed by atoms with van der Waals surface area (Å²) in [5.41, 5.74) is 0.914. The second-order valence-corrected chi connectivity index (χ2v) is 3.17. The van der Waals surface area contributed by atoms with Gasteiger partial charge in [0.05, 0.1) is 5.69 Å². The van der Waals surface area contributed by atoms with E-state index in [9.17, 15) is 4.79 Å². The maximum atomic E-state index is 10.9. The van der Waals surface area contributed by atoms with Gasteiger partial charge in [0.2, 0.25) is 5.91 Å². The number of carbonyl (C=O) groups excluding carboxylic acids is 1. The zero-order valence-corrected chi connectivity index (χ0v) is 8.86. The molecule has 82 valence electrons. The zero-order chi connectivity index (χ0) is 10.9. The van der Waals surface area contributed by atoms with Crippen LogP contribution >= 0.6 is 0 Å². The first-order valence-corrected chi connectivity index (χ1v) is 5.01. The number of hydrogen-bond donors (Lipinski definition) is 2. The van der Waals surface area contributed by atoms with Gasteiger partial charge in [-0.15, -0.1) is 0 Å². The Morgan fingerprint density at radius 1 is 1.53 bits per heavy atom. The molecule has 1 heterocycles. The summed E-state index contributed by atoms with van der Waals surface area (Å²) >= 11 is 0. The summed E-state index contributed by atoms with van der Waals surface area (Å²) in [4.78, 5) is 10.9. The summed E-state index contributed by atoms with van der Waals surface area (Å²) in [7, 11) is 1.65. The Morgan fingerprint density at radius 2 is 2.40 bits per heavy atom. The number of nitrogens with zero attached hydrogens (tertiary/aromatic N) is 2. The largest absolute Gasteiger partial charge is 0.359 e. The lowest BCUT2D eigenvalue weighted by Gasteiger charge is -2.02. The van der Waals surface area contributed by atoms with Gasteiger partial charge >= 0.3 is 0 Å². The minimum atomic E-state index is 0.0799. The summed E-state index contributed by atoms with van der Waals surface area (Å²) in [6.07, 6.45) is 3.04. The van der Waals surface area contributed by atoms with Crippen LogP contribution in [0.15, 0.2) is 18.3 Å². The van der Waals surface area contributed by atoms with E-state index in [1.165, 1.54) is 0 Å². The summed E-state index contributed by atoms with van der Waals surface area (Å²) in [6, 6.07) is 3.77. The first-order chi connectivity index (χ1) is 7.33. The molecule has 0 saturated heterocycles. The fourth-order valence-corrected chi connectivity index (χ4v) is 1.14. The predicted molar refractivity (Wildman–Crippen MR) is 57.0 cm³/mol. The van der Waals surface area contributed by atoms with Crippen LogP contribution in [-0.4, -0.2) is 29.7 Å². The first-order valence-electron chi connectivity index (χ1n) is 5.01. The van der Waals surface area contributed by atoms with E-state index >= 15 is 0 Å². The van der Waals surface area contributed by atoms with E-state index in [-0.39, 0.29) is 5.91 Å². The lowest BCUT2D eigenvalue weighted by Crippen LogP contribution is -2.21. The monoisotopic (exact) mass is 208 g/mol. The molecule has 0 unspecified atom stereocenters. The summed E-state index contributed by atoms with van der Waals surface area (Å²) in [5, 5.41) is 13.5. The van der Waals surface area contributed by atoms with Crippen LogP contribution in [0.5, 0.6) is 0 Å². The van der Waals surface area contributed by atoms with Gasteiger partial charge in [0.15, 0.2) is 0 Å². The van der Waals surface area contributed by atoms with Crippen LogP contribution in [-0.2, 0) is 11.3 Å². The molecule has 0 bridgehead atoms. The lowest BCUT2D eigenvalue weighted by atomic mass is 10.3. The van der Waals surface area contributed by atoms with E-state index in [4.69, 9.17) is 0 Å². The van der Waals surface area contributed by atoms with Crippen molar-refractivity contribution in [2.24, 2.45) is 0 Å². The molecule has 0 atom stereocenters. The second kappa shape index (κ2) is 6.89. The van der Waals surface area contributed by atoms with Gasteiger partial charge in [0, 0.05) is 26.2 Å². The summed E-state index contributed by atoms with van der Waals surface area (Å²) in [5.74, 6) is 0.0799. The molecule has 15 heavy (non-hydrogen) atoms. The molecule has 0 spiro atoms. The molecule has 1 aromatic heterocycles. The Balaban J connectivity index is 2.05. The SMILES string of the molecule is CNC(=O)CCCNCc1cccnn1. The molecular weight excluding hydrogens is 192 g/mol. The van der Waals surface area contributed by atoms with Gasteiger partial charge in [-0.25, -0.2) is 0 Å². The van der Waals surface area contributed by atoms with Crippen LogP contribution in [0.3, 0.4) is 0 Å². The third-order valence-electron chi connectivity index (χ3n) is 1.97. The Bertz CT molecular complexity index is 289. The van der Waals surface area contributed by atoms with Crippen LogP contribution in [0.1, 0.15) is 18.5 Å². The van der Waals surface area contributed by atoms with E-state index in [0.717, 1.165) is 18.7 Å². The van der Waals surface area contributed by atoms with Gasteiger partial charge in [-0.2, -0.15) is 10.2 Å². The van der Waals surface area contributed by atoms with Crippen LogP contribution < -0.4 is 10.6 Å². The van der Waals surface area contributed by atoms with Crippen LogP contribution in [0.25, 0.3) is 0 Å². The number of nitrogens with one attached hydrogen (secondary N) is 2. The topological polar surface area (TPSA) is 66.9 Å². The predicted octanol–water partition coefficient (Wildman–Crippen LogP) is 0.0924. The van der Waals surface area contributed by atoms with Crippen molar-refractivity contribution in [3.05, 3.63) is 24.0 Å². The highest BCUT2D eigenvalue weighted by Gasteiger charge is 1.97. The molecule has 1 rings (SSSR count). The van der Waals surface area contributed by atoms with E-state index in [1.807, 2.05) is 12.1 Å². The maximum Gasteiger partial charge on any atom is 0.219 e. The van der Waals surface area contributed by atoms with Crippen LogP contribution in [0, 0.1) is 0 Å². The first kappa shape index (κ1) is 11.6. The molecule has 0 fully saturated rings. The van der Waals surface area contributed by atoms with Crippen molar-refractivity contribution in [1.29, 1.82) is 0 Å². The lowest BCUT2D eigenvalue weighted by molar-refractivity contribution is -0.120. The molecule has 5 nitrogen and oxygen atoms in total. The molecule has 0 saturated carbocycles. The van der Waals surface area contributed by atoms with Crippen molar-refractivity contribution >= 4 is 5.91 Å². The molecule has 0 aliphatic carbocycles. The molecule has 0 aliphatic heterocycles. The molecule has 0 aromatic carbocycles. The smallest absolute Gasteiger partial charge is 0.219 e. The van der Waals surface area contributed by atoms with Gasteiger partial charge in [-0.1, -0.05) is 0 Å². The number of aromatic nitrogens is 2. The summed E-state index contributed by atoms with van der Waals surface area (Å²) in [6.45, 7) is 1.51. The Kier molecular flexibility index (Phi) is 5.32. The van der Waals surface area contributed by atoms with Gasteiger partial charge in [-0.3, -0.25) is 4.79 Å². The van der Waals surface area contributed by atoms with E-state index in [1.54, 1.807) is 13.2 Å². The van der Waals surface area contributed by atoms with Crippen molar-refractivity contribution < 1.29 is 4.79 Å². The summed E-state index contributed by atoms with van der Waals surface area (Å²) < 4.78 is 0. The fraction of sp³-hybridized carbons (Fsp3) is 0.500. The second-order valence-electron chi connectivity index (χ2n) is 3.17. The Hall–Kier alpha value is -1.49. The highest BCUT2D eigenvalue weighted by molar-refractivity contribution is 5.75. The average molecular weight is 208 g/mol. The number of carbonyl (C=O) groups is 1. The molecule has 5 heteroatoms. The fourth-order valence-electron chi connectivity index (χ4n) is 1.14. The van der Waals surface area contributed by atoms with E-state index in [2.05, 4.69) is 20.8 Å². The van der Waals surface area contributed by atoms with Crippen LogP contribution in [0.2, 0.25) is 0 Å². The van der Waals surface area contributed by atoms with Crippen molar-refractivity contribution in [3.63, 3.8) is 0 Å². The van der Waals surface area contributed by atoms with Gasteiger partial charge < -0.3 is 10.6 Å². The molecule has 0 aliphatic rings. The Morgan fingerprint density at radius 3 is 3.07 bits per heavy atom. The molecule has 2 N–H and O–H groups in total. The third-order valence-corrected chi connectivity index (χ3v) is 1.97. The molecule has 1 amide bonds. The molecule has 0 radical (unpaired) electrons. The normalized spacial score (nSPS) is 9.93. The zero-order valence-electron chi connectivity index (χ0n) is 8.86. The third kappa shape index (κ3) is 5.07.